The van der Waals surface area contributed by atoms with Crippen LogP contribution < -0.4 is 5.73 Å². The summed E-state index contributed by atoms with van der Waals surface area (Å²) in [6, 6.07) is 5.68. The van der Waals surface area contributed by atoms with Crippen LogP contribution in [0.15, 0.2) is 66.0 Å². The number of hydrogen-bond acceptors (Lipinski definition) is 4. The van der Waals surface area contributed by atoms with Gasteiger partial charge >= 0.3 is 5.97 Å². The molecule has 0 aromatic heterocycles. The highest BCUT2D eigenvalue weighted by Gasteiger charge is 2.34. The van der Waals surface area contributed by atoms with E-state index in [-0.39, 0.29) is 17.8 Å². The molecule has 0 bridgehead atoms. The van der Waals surface area contributed by atoms with Crippen LogP contribution in [0.2, 0.25) is 0 Å². The van der Waals surface area contributed by atoms with Gasteiger partial charge in [-0.2, -0.15) is 0 Å². The van der Waals surface area contributed by atoms with Crippen LogP contribution in [0.1, 0.15) is 90.7 Å². The van der Waals surface area contributed by atoms with Gasteiger partial charge in [0, 0.05) is 18.0 Å². The number of anilines is 1. The SMILES string of the molecule is C=C/C=C(\C=C/C)CCC1CC(O)=C(C(CC)c2cccc(N)c2C)C(=O)O1.CC.CCC. The Morgan fingerprint density at radius 1 is 1.30 bits per heavy atom. The first kappa shape index (κ1) is 30.2. The summed E-state index contributed by atoms with van der Waals surface area (Å²) in [6.07, 6.45) is 11.0. The summed E-state index contributed by atoms with van der Waals surface area (Å²) in [6.45, 7) is 17.9. The summed E-state index contributed by atoms with van der Waals surface area (Å²) in [4.78, 5) is 12.8. The minimum atomic E-state index is -0.428. The van der Waals surface area contributed by atoms with Gasteiger partial charge in [0.15, 0.2) is 0 Å². The van der Waals surface area contributed by atoms with Gasteiger partial charge < -0.3 is 15.6 Å². The first-order valence-corrected chi connectivity index (χ1v) is 12.3. The summed E-state index contributed by atoms with van der Waals surface area (Å²) in [5.41, 5.74) is 10.1. The van der Waals surface area contributed by atoms with Gasteiger partial charge in [-0.1, -0.05) is 84.1 Å². The lowest BCUT2D eigenvalue weighted by Crippen LogP contribution is -2.29. The summed E-state index contributed by atoms with van der Waals surface area (Å²) in [5.74, 6) is -0.519. The number of esters is 1. The third-order valence-corrected chi connectivity index (χ3v) is 5.24. The number of nitrogens with two attached hydrogens (primary N) is 1. The van der Waals surface area contributed by atoms with Crippen LogP contribution in [0.25, 0.3) is 0 Å². The van der Waals surface area contributed by atoms with Crippen molar-refractivity contribution in [3.05, 3.63) is 77.1 Å². The van der Waals surface area contributed by atoms with E-state index in [1.807, 2.05) is 71.0 Å². The van der Waals surface area contributed by atoms with E-state index in [1.54, 1.807) is 6.08 Å². The molecule has 1 heterocycles. The van der Waals surface area contributed by atoms with Crippen molar-refractivity contribution in [3.8, 4) is 0 Å². The number of rotatable bonds is 8. The van der Waals surface area contributed by atoms with Crippen molar-refractivity contribution in [2.24, 2.45) is 0 Å². The van der Waals surface area contributed by atoms with E-state index >= 15 is 0 Å². The van der Waals surface area contributed by atoms with Crippen LogP contribution in [0.5, 0.6) is 0 Å². The van der Waals surface area contributed by atoms with Gasteiger partial charge in [0.05, 0.1) is 5.57 Å². The highest BCUT2D eigenvalue weighted by atomic mass is 16.5. The maximum absolute atomic E-state index is 12.8. The van der Waals surface area contributed by atoms with Gasteiger partial charge in [-0.15, -0.1) is 0 Å². The molecule has 2 atom stereocenters. The molecule has 1 aromatic carbocycles. The third kappa shape index (κ3) is 9.33. The largest absolute Gasteiger partial charge is 0.512 e. The zero-order valence-electron chi connectivity index (χ0n) is 21.8. The van der Waals surface area contributed by atoms with Gasteiger partial charge in [0.1, 0.15) is 11.9 Å². The molecule has 0 saturated heterocycles. The Morgan fingerprint density at radius 3 is 2.45 bits per heavy atom. The molecule has 0 radical (unpaired) electrons. The second-order valence-corrected chi connectivity index (χ2v) is 7.84. The van der Waals surface area contributed by atoms with Crippen LogP contribution in [0.3, 0.4) is 0 Å². The fraction of sp³-hybridized carbons (Fsp3) is 0.483. The zero-order valence-corrected chi connectivity index (χ0v) is 21.8. The molecule has 2 unspecified atom stereocenters. The lowest BCUT2D eigenvalue weighted by molar-refractivity contribution is -0.147. The predicted octanol–water partition coefficient (Wildman–Crippen LogP) is 8.11. The summed E-state index contributed by atoms with van der Waals surface area (Å²) >= 11 is 0. The third-order valence-electron chi connectivity index (χ3n) is 5.24. The number of cyclic esters (lactones) is 1. The first-order valence-electron chi connectivity index (χ1n) is 12.3. The zero-order chi connectivity index (χ0) is 25.4. The average Bonchev–Trinajstić information content (AvgIpc) is 2.79. The lowest BCUT2D eigenvalue weighted by Gasteiger charge is -2.29. The Morgan fingerprint density at radius 2 is 1.94 bits per heavy atom. The molecular weight excluding hydrogens is 410 g/mol. The van der Waals surface area contributed by atoms with Gasteiger partial charge in [-0.25, -0.2) is 4.79 Å². The number of carbonyl (C=O) groups is 1. The molecule has 4 heteroatoms. The van der Waals surface area contributed by atoms with E-state index in [9.17, 15) is 9.90 Å². The molecule has 33 heavy (non-hydrogen) atoms. The highest BCUT2D eigenvalue weighted by molar-refractivity contribution is 5.92. The number of aliphatic hydroxyl groups is 1. The van der Waals surface area contributed by atoms with E-state index in [0.29, 0.717) is 30.5 Å². The topological polar surface area (TPSA) is 72.5 Å². The van der Waals surface area contributed by atoms with Gasteiger partial charge in [-0.3, -0.25) is 0 Å². The molecule has 0 amide bonds. The summed E-state index contributed by atoms with van der Waals surface area (Å²) in [7, 11) is 0. The van der Waals surface area contributed by atoms with Crippen molar-refractivity contribution in [2.75, 3.05) is 5.73 Å². The van der Waals surface area contributed by atoms with Crippen LogP contribution in [-0.4, -0.2) is 17.2 Å². The first-order chi connectivity index (χ1) is 15.8. The molecule has 4 nitrogen and oxygen atoms in total. The Balaban J connectivity index is 0.00000189. The summed E-state index contributed by atoms with van der Waals surface area (Å²) < 4.78 is 5.69. The number of carbonyl (C=O) groups excluding carboxylic acids is 1. The van der Waals surface area contributed by atoms with Gasteiger partial charge in [-0.05, 0) is 55.9 Å². The van der Waals surface area contributed by atoms with Crippen molar-refractivity contribution >= 4 is 11.7 Å². The maximum Gasteiger partial charge on any atom is 0.338 e. The standard InChI is InChI=1S/C24H31NO3.C3H8.C2H6/c1-5-9-17(10-6-2)13-14-18-15-22(26)23(24(27)28-18)19(7-3)20-11-8-12-21(25)16(20)4;1-3-2;1-2/h5-6,8-12,18-19,26H,1,7,13-15,25H2,2-4H3;3H2,1-2H3;1-2H3/b10-6-,17-9+;;. The molecule has 0 aliphatic carbocycles. The minimum Gasteiger partial charge on any atom is -0.512 e. The molecule has 3 N–H and O–H groups in total. The molecule has 0 fully saturated rings. The van der Waals surface area contributed by atoms with Crippen LogP contribution in [-0.2, 0) is 9.53 Å². The number of benzene rings is 1. The number of hydrogen-bond donors (Lipinski definition) is 2. The minimum absolute atomic E-state index is 0.134. The molecule has 1 aliphatic rings. The molecule has 0 saturated carbocycles. The maximum atomic E-state index is 12.8. The number of aliphatic hydroxyl groups excluding tert-OH is 1. The highest BCUT2D eigenvalue weighted by Crippen LogP contribution is 2.37. The number of ether oxygens (including phenoxy) is 1. The van der Waals surface area contributed by atoms with Gasteiger partial charge in [0.2, 0.25) is 0 Å². The Bertz CT molecular complexity index is 833. The number of nitrogen functional groups attached to an aromatic ring is 1. The molecular formula is C29H45NO3. The molecule has 2 rings (SSSR count). The molecule has 184 valence electrons. The van der Waals surface area contributed by atoms with Crippen molar-refractivity contribution in [1.29, 1.82) is 0 Å². The molecule has 1 aromatic rings. The van der Waals surface area contributed by atoms with Gasteiger partial charge in [0.25, 0.3) is 0 Å². The van der Waals surface area contributed by atoms with Crippen molar-refractivity contribution in [3.63, 3.8) is 0 Å². The Labute approximate surface area is 201 Å². The molecule has 1 aliphatic heterocycles. The van der Waals surface area contributed by atoms with Crippen molar-refractivity contribution < 1.29 is 14.6 Å². The monoisotopic (exact) mass is 455 g/mol. The Kier molecular flexibility index (Phi) is 15.4. The Hall–Kier alpha value is -2.75. The lowest BCUT2D eigenvalue weighted by atomic mass is 9.83. The van der Waals surface area contributed by atoms with Crippen LogP contribution in [0.4, 0.5) is 5.69 Å². The van der Waals surface area contributed by atoms with E-state index in [0.717, 1.165) is 23.1 Å². The van der Waals surface area contributed by atoms with Crippen LogP contribution in [0, 0.1) is 6.92 Å². The van der Waals surface area contributed by atoms with E-state index < -0.39 is 5.97 Å². The van der Waals surface area contributed by atoms with E-state index in [2.05, 4.69) is 20.4 Å². The van der Waals surface area contributed by atoms with Crippen LogP contribution >= 0.6 is 0 Å². The predicted molar refractivity (Wildman–Crippen MR) is 142 cm³/mol. The smallest absolute Gasteiger partial charge is 0.338 e. The normalized spacial score (nSPS) is 16.9. The second kappa shape index (κ2) is 16.8. The van der Waals surface area contributed by atoms with Crippen molar-refractivity contribution in [1.82, 2.24) is 0 Å². The fourth-order valence-electron chi connectivity index (χ4n) is 3.75. The average molecular weight is 456 g/mol. The number of allylic oxidation sites excluding steroid dienone is 5. The van der Waals surface area contributed by atoms with E-state index in [4.69, 9.17) is 10.5 Å². The fourth-order valence-corrected chi connectivity index (χ4v) is 3.75. The summed E-state index contributed by atoms with van der Waals surface area (Å²) in [5, 5.41) is 10.7. The van der Waals surface area contributed by atoms with E-state index in [1.165, 1.54) is 6.42 Å². The quantitative estimate of drug-likeness (QED) is 0.236. The molecule has 0 spiro atoms. The second-order valence-electron chi connectivity index (χ2n) is 7.84. The van der Waals surface area contributed by atoms with Crippen molar-refractivity contribution in [2.45, 2.75) is 92.6 Å².